The fourth-order valence-corrected chi connectivity index (χ4v) is 1.26. The Balaban J connectivity index is 0. The Morgan fingerprint density at radius 1 is 1.43 bits per heavy atom. The fraction of sp³-hybridized carbons (Fsp3) is 0.385. The maximum Gasteiger partial charge on any atom is 2.00 e. The van der Waals surface area contributed by atoms with E-state index < -0.39 is 10.9 Å². The number of non-ortho nitro benzene ring substituents is 1. The third kappa shape index (κ3) is 12.3. The predicted molar refractivity (Wildman–Crippen MR) is 75.6 cm³/mol. The topological polar surface area (TPSA) is 151 Å². The van der Waals surface area contributed by atoms with Crippen LogP contribution in [0.2, 0.25) is 0 Å². The molecule has 9 nitrogen and oxygen atoms in total. The monoisotopic (exact) mass is 375 g/mol. The smallest absolute Gasteiger partial charge is 0.872 e. The van der Waals surface area contributed by atoms with Gasteiger partial charge in [-0.2, -0.15) is 0 Å². The molecule has 0 aliphatic heterocycles. The largest absolute Gasteiger partial charge is 2.00 e. The van der Waals surface area contributed by atoms with Gasteiger partial charge in [0.25, 0.3) is 5.69 Å². The van der Waals surface area contributed by atoms with Crippen molar-refractivity contribution in [2.24, 2.45) is 4.99 Å². The Labute approximate surface area is 146 Å². The molecule has 0 radical (unpaired) electrons. The van der Waals surface area contributed by atoms with Gasteiger partial charge in [0.05, 0.1) is 18.1 Å². The zero-order valence-corrected chi connectivity index (χ0v) is 15.7. The molecule has 0 aromatic heterocycles. The Hall–Kier alpha value is -1.90. The van der Waals surface area contributed by atoms with Crippen molar-refractivity contribution in [3.63, 3.8) is 0 Å². The van der Waals surface area contributed by atoms with Crippen LogP contribution in [0.25, 0.3) is 0 Å². The van der Waals surface area contributed by atoms with E-state index >= 15 is 0 Å². The summed E-state index contributed by atoms with van der Waals surface area (Å²) in [5, 5.41) is 42.3. The molecular formula is C13H17N3O6Zn. The third-order valence-corrected chi connectivity index (χ3v) is 2.14. The van der Waals surface area contributed by atoms with Crippen LogP contribution < -0.4 is 15.5 Å². The van der Waals surface area contributed by atoms with E-state index in [2.05, 4.69) is 10.3 Å². The molecule has 0 spiro atoms. The second-order valence-corrected chi connectivity index (χ2v) is 3.98. The number of nitrogens with one attached hydrogen (secondary N) is 1. The van der Waals surface area contributed by atoms with Crippen LogP contribution in [-0.2, 0) is 24.3 Å². The second kappa shape index (κ2) is 13.7. The average Bonchev–Trinajstić information content (AvgIpc) is 2.43. The van der Waals surface area contributed by atoms with Gasteiger partial charge in [-0.05, 0) is 12.5 Å². The van der Waals surface area contributed by atoms with Gasteiger partial charge in [-0.1, -0.05) is 11.8 Å². The van der Waals surface area contributed by atoms with Crippen LogP contribution in [0.4, 0.5) is 5.69 Å². The van der Waals surface area contributed by atoms with Crippen molar-refractivity contribution in [3.8, 4) is 5.75 Å². The first-order valence-corrected chi connectivity index (χ1v) is 6.33. The molecule has 2 N–H and O–H groups in total. The van der Waals surface area contributed by atoms with Crippen molar-refractivity contribution < 1.29 is 44.5 Å². The number of benzene rings is 1. The normalized spacial score (nSPS) is 9.65. The van der Waals surface area contributed by atoms with E-state index in [4.69, 9.17) is 15.0 Å². The number of nitro groups is 1. The Morgan fingerprint density at radius 2 is 2.04 bits per heavy atom. The molecule has 1 rings (SSSR count). The van der Waals surface area contributed by atoms with Crippen molar-refractivity contribution in [3.05, 3.63) is 33.9 Å². The molecule has 0 aliphatic carbocycles. The van der Waals surface area contributed by atoms with Crippen molar-refractivity contribution in [1.82, 2.24) is 5.32 Å². The van der Waals surface area contributed by atoms with E-state index in [0.717, 1.165) is 13.0 Å². The molecule has 23 heavy (non-hydrogen) atoms. The molecule has 0 amide bonds. The summed E-state index contributed by atoms with van der Waals surface area (Å²) < 4.78 is 0. The van der Waals surface area contributed by atoms with Gasteiger partial charge in [0.1, 0.15) is 0 Å². The number of aliphatic hydroxyl groups is 1. The van der Waals surface area contributed by atoms with Crippen LogP contribution in [0.1, 0.15) is 12.5 Å². The summed E-state index contributed by atoms with van der Waals surface area (Å²) in [4.78, 5) is 22.9. The van der Waals surface area contributed by atoms with E-state index in [1.807, 2.05) is 0 Å². The van der Waals surface area contributed by atoms with Crippen LogP contribution in [0, 0.1) is 10.1 Å². The second-order valence-electron chi connectivity index (χ2n) is 3.98. The first-order valence-electron chi connectivity index (χ1n) is 6.33. The van der Waals surface area contributed by atoms with Gasteiger partial charge in [0.2, 0.25) is 0 Å². The molecule has 10 heteroatoms. The fourth-order valence-electron chi connectivity index (χ4n) is 1.26. The number of carboxylic acid groups (broad SMARTS) is 1. The Kier molecular flexibility index (Phi) is 14.0. The first kappa shape index (κ1) is 23.4. The van der Waals surface area contributed by atoms with E-state index in [0.29, 0.717) is 19.6 Å². The minimum atomic E-state index is -1.08. The van der Waals surface area contributed by atoms with E-state index in [-0.39, 0.29) is 43.1 Å². The number of rotatable bonds is 7. The van der Waals surface area contributed by atoms with Gasteiger partial charge < -0.3 is 25.4 Å². The van der Waals surface area contributed by atoms with Gasteiger partial charge >= 0.3 is 19.5 Å². The number of aliphatic carboxylic acids is 1. The molecule has 122 valence electrons. The molecule has 0 bridgehead atoms. The number of nitrogens with zero attached hydrogens (tertiary/aromatic N) is 2. The van der Waals surface area contributed by atoms with Crippen LogP contribution in [0.15, 0.2) is 23.2 Å². The number of carboxylic acids is 1. The number of carbonyl (C=O) groups excluding carboxylic acids is 1. The molecular weight excluding hydrogens is 360 g/mol. The van der Waals surface area contributed by atoms with Gasteiger partial charge in [-0.25, -0.2) is 0 Å². The summed E-state index contributed by atoms with van der Waals surface area (Å²) in [7, 11) is 0. The number of hydrogen-bond donors (Lipinski definition) is 2. The van der Waals surface area contributed by atoms with Crippen molar-refractivity contribution >= 4 is 17.9 Å². The van der Waals surface area contributed by atoms with Gasteiger partial charge in [0.15, 0.2) is 0 Å². The molecule has 1 aromatic rings. The summed E-state index contributed by atoms with van der Waals surface area (Å²) in [6, 6.07) is 3.53. The quantitative estimate of drug-likeness (QED) is 0.192. The summed E-state index contributed by atoms with van der Waals surface area (Å²) in [6.45, 7) is 2.51. The molecule has 0 unspecified atom stereocenters. The number of carbonyl (C=O) groups is 1. The van der Waals surface area contributed by atoms with Crippen molar-refractivity contribution in [2.45, 2.75) is 6.92 Å². The maximum atomic E-state index is 11.4. The summed E-state index contributed by atoms with van der Waals surface area (Å²) >= 11 is 0. The summed E-state index contributed by atoms with van der Waals surface area (Å²) in [5.41, 5.74) is 0.0702. The molecule has 0 heterocycles. The minimum Gasteiger partial charge on any atom is -0.872 e. The van der Waals surface area contributed by atoms with Gasteiger partial charge in [0, 0.05) is 37.4 Å². The molecule has 0 aliphatic rings. The summed E-state index contributed by atoms with van der Waals surface area (Å²) in [5.74, 6) is -1.38. The van der Waals surface area contributed by atoms with Crippen LogP contribution >= 0.6 is 0 Å². The number of aliphatic imine (C=N–C) groups is 1. The Morgan fingerprint density at radius 3 is 2.57 bits per heavy atom. The molecule has 0 fully saturated rings. The van der Waals surface area contributed by atoms with E-state index in [1.54, 1.807) is 0 Å². The number of aliphatic hydroxyl groups excluding tert-OH is 1. The number of nitro benzene ring substituents is 1. The SMILES string of the molecule is CC(=O)[O-].O=[N+]([O-])c1ccc([O-])c(C=NCCNCCO)c1.[Zn+2]. The van der Waals surface area contributed by atoms with Crippen LogP contribution in [0.3, 0.4) is 0 Å². The molecule has 0 saturated carbocycles. The van der Waals surface area contributed by atoms with E-state index in [1.165, 1.54) is 18.3 Å². The first-order chi connectivity index (χ1) is 10.4. The molecule has 0 atom stereocenters. The van der Waals surface area contributed by atoms with Crippen molar-refractivity contribution in [2.75, 3.05) is 26.2 Å². The standard InChI is InChI=1S/C11H15N3O4.C2H4O2.Zn/c15-6-5-12-3-4-13-8-9-7-10(14(17)18)1-2-11(9)16;1-2(3)4;/h1-2,7-8,12,15-16H,3-6H2;1H3,(H,3,4);/q;;+2/p-2. The van der Waals surface area contributed by atoms with Gasteiger partial charge in [-0.15, -0.1) is 0 Å². The third-order valence-electron chi connectivity index (χ3n) is 2.14. The molecule has 1 aromatic carbocycles. The van der Waals surface area contributed by atoms with E-state index in [9.17, 15) is 15.2 Å². The van der Waals surface area contributed by atoms with Crippen LogP contribution in [0.5, 0.6) is 5.75 Å². The van der Waals surface area contributed by atoms with Gasteiger partial charge in [-0.3, -0.25) is 15.1 Å². The molecule has 0 saturated heterocycles. The van der Waals surface area contributed by atoms with Crippen molar-refractivity contribution in [1.29, 1.82) is 0 Å². The Bertz CT molecular complexity index is 520. The zero-order valence-electron chi connectivity index (χ0n) is 12.7. The average molecular weight is 377 g/mol. The summed E-state index contributed by atoms with van der Waals surface area (Å²) in [6.07, 6.45) is 1.33. The number of hydrogen-bond acceptors (Lipinski definition) is 8. The zero-order chi connectivity index (χ0) is 17.0. The minimum absolute atomic E-state index is 0. The maximum absolute atomic E-state index is 11.4. The predicted octanol–water partition coefficient (Wildman–Crippen LogP) is -1.58. The van der Waals surface area contributed by atoms with Crippen LogP contribution in [-0.4, -0.2) is 48.5 Å².